The van der Waals surface area contributed by atoms with Gasteiger partial charge in [-0.2, -0.15) is 5.10 Å². The summed E-state index contributed by atoms with van der Waals surface area (Å²) in [4.78, 5) is 8.17. The summed E-state index contributed by atoms with van der Waals surface area (Å²) in [5, 5.41) is 6.72. The number of hydrogen-bond acceptors (Lipinski definition) is 4. The smallest absolute Gasteiger partial charge is 0.186 e. The molecular formula is C10H12FN5. The fourth-order valence-corrected chi connectivity index (χ4v) is 1.39. The van der Waals surface area contributed by atoms with Gasteiger partial charge in [-0.3, -0.25) is 4.68 Å². The van der Waals surface area contributed by atoms with Gasteiger partial charge in [-0.05, 0) is 6.92 Å². The van der Waals surface area contributed by atoms with E-state index in [2.05, 4.69) is 20.4 Å². The molecule has 0 fully saturated rings. The van der Waals surface area contributed by atoms with Crippen molar-refractivity contribution >= 4 is 5.82 Å². The first kappa shape index (κ1) is 10.5. The Bertz CT molecular complexity index is 520. The first-order valence-electron chi connectivity index (χ1n) is 4.82. The summed E-state index contributed by atoms with van der Waals surface area (Å²) in [5.74, 6) is 0.248. The number of halogens is 1. The van der Waals surface area contributed by atoms with Crippen LogP contribution in [0.15, 0.2) is 12.4 Å². The van der Waals surface area contributed by atoms with Crippen LogP contribution in [-0.4, -0.2) is 26.8 Å². The second kappa shape index (κ2) is 3.88. The van der Waals surface area contributed by atoms with Gasteiger partial charge in [-0.1, -0.05) is 0 Å². The Morgan fingerprint density at radius 1 is 1.38 bits per heavy atom. The second-order valence-electron chi connectivity index (χ2n) is 3.45. The molecule has 0 saturated carbocycles. The molecule has 0 spiro atoms. The van der Waals surface area contributed by atoms with Crippen molar-refractivity contribution in [3.8, 4) is 11.4 Å². The van der Waals surface area contributed by atoms with Crippen molar-refractivity contribution in [2.75, 3.05) is 12.4 Å². The van der Waals surface area contributed by atoms with E-state index in [9.17, 15) is 4.39 Å². The number of nitrogens with one attached hydrogen (secondary N) is 1. The van der Waals surface area contributed by atoms with Gasteiger partial charge in [0.2, 0.25) is 0 Å². The molecule has 0 aliphatic carbocycles. The minimum absolute atomic E-state index is 0.200. The summed E-state index contributed by atoms with van der Waals surface area (Å²) < 4.78 is 15.1. The number of aromatic nitrogens is 4. The first-order chi connectivity index (χ1) is 7.61. The summed E-state index contributed by atoms with van der Waals surface area (Å²) in [6, 6.07) is 0. The number of aryl methyl sites for hydroxylation is 2. The average Bonchev–Trinajstić information content (AvgIpc) is 2.69. The molecule has 0 saturated heterocycles. The summed E-state index contributed by atoms with van der Waals surface area (Å²) >= 11 is 0. The van der Waals surface area contributed by atoms with E-state index in [-0.39, 0.29) is 5.82 Å². The van der Waals surface area contributed by atoms with Gasteiger partial charge in [0, 0.05) is 20.3 Å². The highest BCUT2D eigenvalue weighted by Crippen LogP contribution is 2.19. The molecule has 2 heterocycles. The molecule has 0 aliphatic heterocycles. The maximum absolute atomic E-state index is 13.5. The lowest BCUT2D eigenvalue weighted by Gasteiger charge is -2.05. The zero-order valence-electron chi connectivity index (χ0n) is 9.32. The Morgan fingerprint density at radius 3 is 2.69 bits per heavy atom. The van der Waals surface area contributed by atoms with Crippen LogP contribution in [0, 0.1) is 12.7 Å². The van der Waals surface area contributed by atoms with Crippen molar-refractivity contribution in [1.29, 1.82) is 0 Å². The van der Waals surface area contributed by atoms with Crippen molar-refractivity contribution in [2.24, 2.45) is 7.05 Å². The highest BCUT2D eigenvalue weighted by atomic mass is 19.1. The van der Waals surface area contributed by atoms with Crippen LogP contribution in [0.25, 0.3) is 11.4 Å². The molecule has 2 aromatic heterocycles. The van der Waals surface area contributed by atoms with Crippen LogP contribution in [0.2, 0.25) is 0 Å². The van der Waals surface area contributed by atoms with Gasteiger partial charge in [0.15, 0.2) is 17.5 Å². The number of hydrogen-bond donors (Lipinski definition) is 1. The molecule has 2 aromatic rings. The molecular weight excluding hydrogens is 209 g/mol. The zero-order valence-corrected chi connectivity index (χ0v) is 9.32. The van der Waals surface area contributed by atoms with Gasteiger partial charge >= 0.3 is 0 Å². The van der Waals surface area contributed by atoms with Crippen LogP contribution in [-0.2, 0) is 7.05 Å². The number of anilines is 1. The minimum atomic E-state index is -0.421. The van der Waals surface area contributed by atoms with Crippen LogP contribution in [0.3, 0.4) is 0 Å². The van der Waals surface area contributed by atoms with Crippen molar-refractivity contribution in [3.05, 3.63) is 23.9 Å². The SMILES string of the molecule is CNc1nc(-c2cnn(C)c2)nc(C)c1F. The lowest BCUT2D eigenvalue weighted by Crippen LogP contribution is -2.03. The van der Waals surface area contributed by atoms with E-state index < -0.39 is 5.82 Å². The fourth-order valence-electron chi connectivity index (χ4n) is 1.39. The Kier molecular flexibility index (Phi) is 2.55. The predicted octanol–water partition coefficient (Wildman–Crippen LogP) is 1.37. The first-order valence-corrected chi connectivity index (χ1v) is 4.82. The van der Waals surface area contributed by atoms with Gasteiger partial charge in [-0.15, -0.1) is 0 Å². The molecule has 84 valence electrons. The molecule has 0 radical (unpaired) electrons. The number of rotatable bonds is 2. The van der Waals surface area contributed by atoms with Gasteiger partial charge in [0.05, 0.1) is 17.5 Å². The Balaban J connectivity index is 2.54. The van der Waals surface area contributed by atoms with Crippen LogP contribution in [0.4, 0.5) is 10.2 Å². The second-order valence-corrected chi connectivity index (χ2v) is 3.45. The van der Waals surface area contributed by atoms with E-state index in [4.69, 9.17) is 0 Å². The minimum Gasteiger partial charge on any atom is -0.371 e. The molecule has 0 amide bonds. The quantitative estimate of drug-likeness (QED) is 0.832. The van der Waals surface area contributed by atoms with Crippen molar-refractivity contribution in [3.63, 3.8) is 0 Å². The molecule has 0 aromatic carbocycles. The molecule has 0 atom stereocenters. The Hall–Kier alpha value is -1.98. The van der Waals surface area contributed by atoms with Crippen LogP contribution >= 0.6 is 0 Å². The zero-order chi connectivity index (χ0) is 11.7. The average molecular weight is 221 g/mol. The van der Waals surface area contributed by atoms with Crippen molar-refractivity contribution in [2.45, 2.75) is 6.92 Å². The van der Waals surface area contributed by atoms with Crippen LogP contribution in [0.1, 0.15) is 5.69 Å². The maximum atomic E-state index is 13.5. The predicted molar refractivity (Wildman–Crippen MR) is 58.5 cm³/mol. The van der Waals surface area contributed by atoms with E-state index in [0.29, 0.717) is 11.5 Å². The van der Waals surface area contributed by atoms with Gasteiger partial charge < -0.3 is 5.32 Å². The Labute approximate surface area is 92.3 Å². The summed E-state index contributed by atoms with van der Waals surface area (Å²) in [6.07, 6.45) is 3.43. The van der Waals surface area contributed by atoms with Crippen molar-refractivity contribution in [1.82, 2.24) is 19.7 Å². The molecule has 0 unspecified atom stereocenters. The molecule has 5 nitrogen and oxygen atoms in total. The van der Waals surface area contributed by atoms with E-state index in [1.165, 1.54) is 0 Å². The van der Waals surface area contributed by atoms with E-state index >= 15 is 0 Å². The normalized spacial score (nSPS) is 10.5. The lowest BCUT2D eigenvalue weighted by molar-refractivity contribution is 0.607. The molecule has 0 bridgehead atoms. The third-order valence-electron chi connectivity index (χ3n) is 2.22. The Morgan fingerprint density at radius 2 is 2.12 bits per heavy atom. The third-order valence-corrected chi connectivity index (χ3v) is 2.22. The van der Waals surface area contributed by atoms with Gasteiger partial charge in [0.25, 0.3) is 0 Å². The highest BCUT2D eigenvalue weighted by molar-refractivity contribution is 5.55. The standard InChI is InChI=1S/C10H12FN5/c1-6-8(11)10(12-2)15-9(14-6)7-4-13-16(3)5-7/h4-5H,1-3H3,(H,12,14,15). The third kappa shape index (κ3) is 1.73. The summed E-state index contributed by atoms with van der Waals surface area (Å²) in [7, 11) is 3.43. The number of nitrogens with zero attached hydrogens (tertiary/aromatic N) is 4. The van der Waals surface area contributed by atoms with Gasteiger partial charge in [-0.25, -0.2) is 14.4 Å². The topological polar surface area (TPSA) is 55.6 Å². The van der Waals surface area contributed by atoms with Crippen LogP contribution < -0.4 is 5.32 Å². The molecule has 16 heavy (non-hydrogen) atoms. The molecule has 2 rings (SSSR count). The van der Waals surface area contributed by atoms with E-state index in [1.807, 2.05) is 0 Å². The van der Waals surface area contributed by atoms with Crippen LogP contribution in [0.5, 0.6) is 0 Å². The monoisotopic (exact) mass is 221 g/mol. The summed E-state index contributed by atoms with van der Waals surface area (Å²) in [5.41, 5.74) is 1.08. The highest BCUT2D eigenvalue weighted by Gasteiger charge is 2.12. The maximum Gasteiger partial charge on any atom is 0.186 e. The van der Waals surface area contributed by atoms with Gasteiger partial charge in [0.1, 0.15) is 0 Å². The fraction of sp³-hybridized carbons (Fsp3) is 0.300. The van der Waals surface area contributed by atoms with E-state index in [0.717, 1.165) is 5.56 Å². The lowest BCUT2D eigenvalue weighted by atomic mass is 10.3. The van der Waals surface area contributed by atoms with E-state index in [1.54, 1.807) is 38.1 Å². The van der Waals surface area contributed by atoms with Crippen molar-refractivity contribution < 1.29 is 4.39 Å². The molecule has 1 N–H and O–H groups in total. The molecule has 6 heteroatoms. The summed E-state index contributed by atoms with van der Waals surface area (Å²) in [6.45, 7) is 1.61. The largest absolute Gasteiger partial charge is 0.371 e. The molecule has 0 aliphatic rings.